The molecule has 22 heavy (non-hydrogen) atoms. The Morgan fingerprint density at radius 3 is 2.50 bits per heavy atom. The predicted molar refractivity (Wildman–Crippen MR) is 86.5 cm³/mol. The van der Waals surface area contributed by atoms with E-state index in [0.29, 0.717) is 31.0 Å². The summed E-state index contributed by atoms with van der Waals surface area (Å²) in [5.74, 6) is -0.302. The predicted octanol–water partition coefficient (Wildman–Crippen LogP) is 1.97. The summed E-state index contributed by atoms with van der Waals surface area (Å²) >= 11 is 5.86. The van der Waals surface area contributed by atoms with E-state index in [1.807, 2.05) is 12.1 Å². The van der Waals surface area contributed by atoms with Gasteiger partial charge in [0, 0.05) is 31.1 Å². The number of hydrogen-bond donors (Lipinski definition) is 2. The molecular weight excluding hydrogens is 304 g/mol. The molecule has 5 nitrogen and oxygen atoms in total. The Morgan fingerprint density at radius 1 is 1.32 bits per heavy atom. The second-order valence-electron chi connectivity index (χ2n) is 5.05. The number of nitrogens with one attached hydrogen (secondary N) is 1. The SMILES string of the molecule is CCC(=O)N(Cc1ccc(Cl)cc1)[C@@H](C)C(=O)NCCCO. The van der Waals surface area contributed by atoms with E-state index in [0.717, 1.165) is 5.56 Å². The Balaban J connectivity index is 2.76. The van der Waals surface area contributed by atoms with Crippen LogP contribution in [0.5, 0.6) is 0 Å². The van der Waals surface area contributed by atoms with Gasteiger partial charge >= 0.3 is 0 Å². The van der Waals surface area contributed by atoms with E-state index in [9.17, 15) is 9.59 Å². The normalized spacial score (nSPS) is 11.8. The Morgan fingerprint density at radius 2 is 1.95 bits per heavy atom. The molecule has 0 bridgehead atoms. The first kappa shape index (κ1) is 18.5. The molecule has 2 N–H and O–H groups in total. The zero-order valence-corrected chi connectivity index (χ0v) is 13.8. The molecule has 0 saturated carbocycles. The number of nitrogens with zero attached hydrogens (tertiary/aromatic N) is 1. The van der Waals surface area contributed by atoms with Crippen molar-refractivity contribution in [3.63, 3.8) is 0 Å². The van der Waals surface area contributed by atoms with Gasteiger partial charge in [-0.2, -0.15) is 0 Å². The van der Waals surface area contributed by atoms with Crippen molar-refractivity contribution in [1.29, 1.82) is 0 Å². The van der Waals surface area contributed by atoms with Gasteiger partial charge in [-0.05, 0) is 31.0 Å². The molecule has 0 spiro atoms. The van der Waals surface area contributed by atoms with Crippen LogP contribution in [0, 0.1) is 0 Å². The summed E-state index contributed by atoms with van der Waals surface area (Å²) in [5.41, 5.74) is 0.918. The van der Waals surface area contributed by atoms with Crippen LogP contribution in [0.1, 0.15) is 32.3 Å². The molecular formula is C16H23ClN2O3. The molecule has 0 heterocycles. The first-order chi connectivity index (χ1) is 10.5. The van der Waals surface area contributed by atoms with E-state index < -0.39 is 6.04 Å². The van der Waals surface area contributed by atoms with Crippen LogP contribution in [-0.2, 0) is 16.1 Å². The van der Waals surface area contributed by atoms with Crippen LogP contribution >= 0.6 is 11.6 Å². The van der Waals surface area contributed by atoms with E-state index in [-0.39, 0.29) is 18.4 Å². The average Bonchev–Trinajstić information content (AvgIpc) is 2.53. The second kappa shape index (κ2) is 9.43. The summed E-state index contributed by atoms with van der Waals surface area (Å²) < 4.78 is 0. The van der Waals surface area contributed by atoms with Gasteiger partial charge in [-0.1, -0.05) is 30.7 Å². The molecule has 0 aliphatic carbocycles. The van der Waals surface area contributed by atoms with Crippen LogP contribution < -0.4 is 5.32 Å². The van der Waals surface area contributed by atoms with Gasteiger partial charge in [0.25, 0.3) is 0 Å². The highest BCUT2D eigenvalue weighted by Crippen LogP contribution is 2.14. The number of benzene rings is 1. The van der Waals surface area contributed by atoms with Gasteiger partial charge < -0.3 is 15.3 Å². The molecule has 1 aromatic carbocycles. The van der Waals surface area contributed by atoms with Gasteiger partial charge in [-0.15, -0.1) is 0 Å². The lowest BCUT2D eigenvalue weighted by atomic mass is 10.1. The molecule has 0 unspecified atom stereocenters. The van der Waals surface area contributed by atoms with Gasteiger partial charge in [-0.25, -0.2) is 0 Å². The third kappa shape index (κ3) is 5.66. The number of amides is 2. The van der Waals surface area contributed by atoms with Crippen LogP contribution in [0.3, 0.4) is 0 Å². The van der Waals surface area contributed by atoms with Gasteiger partial charge in [0.15, 0.2) is 0 Å². The highest BCUT2D eigenvalue weighted by Gasteiger charge is 2.24. The van der Waals surface area contributed by atoms with Crippen molar-refractivity contribution in [2.24, 2.45) is 0 Å². The molecule has 0 saturated heterocycles. The maximum Gasteiger partial charge on any atom is 0.242 e. The molecule has 1 atom stereocenters. The molecule has 0 aliphatic heterocycles. The van der Waals surface area contributed by atoms with Crippen LogP contribution in [0.4, 0.5) is 0 Å². The largest absolute Gasteiger partial charge is 0.396 e. The summed E-state index contributed by atoms with van der Waals surface area (Å²) in [6.07, 6.45) is 0.833. The monoisotopic (exact) mass is 326 g/mol. The van der Waals surface area contributed by atoms with Gasteiger partial charge in [0.2, 0.25) is 11.8 Å². The van der Waals surface area contributed by atoms with Crippen molar-refractivity contribution in [3.8, 4) is 0 Å². The molecule has 2 amide bonds. The number of carbonyl (C=O) groups excluding carboxylic acids is 2. The minimum absolute atomic E-state index is 0.0248. The first-order valence-corrected chi connectivity index (χ1v) is 7.79. The van der Waals surface area contributed by atoms with Gasteiger partial charge in [0.1, 0.15) is 6.04 Å². The van der Waals surface area contributed by atoms with Crippen molar-refractivity contribution < 1.29 is 14.7 Å². The molecule has 6 heteroatoms. The third-order valence-electron chi connectivity index (χ3n) is 3.37. The average molecular weight is 327 g/mol. The van der Waals surface area contributed by atoms with Crippen molar-refractivity contribution >= 4 is 23.4 Å². The fourth-order valence-electron chi connectivity index (χ4n) is 2.01. The van der Waals surface area contributed by atoms with E-state index in [4.69, 9.17) is 16.7 Å². The smallest absolute Gasteiger partial charge is 0.242 e. The third-order valence-corrected chi connectivity index (χ3v) is 3.62. The fraction of sp³-hybridized carbons (Fsp3) is 0.500. The Labute approximate surface area is 136 Å². The standard InChI is InChI=1S/C16H23ClN2O3/c1-3-15(21)19(11-13-5-7-14(17)8-6-13)12(2)16(22)18-9-4-10-20/h5-8,12,20H,3-4,9-11H2,1-2H3,(H,18,22)/t12-/m0/s1. The highest BCUT2D eigenvalue weighted by atomic mass is 35.5. The summed E-state index contributed by atoms with van der Waals surface area (Å²) in [6, 6.07) is 6.64. The highest BCUT2D eigenvalue weighted by molar-refractivity contribution is 6.30. The molecule has 1 rings (SSSR count). The van der Waals surface area contributed by atoms with Crippen LogP contribution in [0.2, 0.25) is 5.02 Å². The molecule has 0 aliphatic rings. The number of halogens is 1. The topological polar surface area (TPSA) is 69.6 Å². The van der Waals surface area contributed by atoms with E-state index in [1.165, 1.54) is 0 Å². The maximum atomic E-state index is 12.1. The lowest BCUT2D eigenvalue weighted by molar-refractivity contribution is -0.140. The lowest BCUT2D eigenvalue weighted by Gasteiger charge is -2.28. The lowest BCUT2D eigenvalue weighted by Crippen LogP contribution is -2.47. The zero-order chi connectivity index (χ0) is 16.5. The summed E-state index contributed by atoms with van der Waals surface area (Å²) in [7, 11) is 0. The van der Waals surface area contributed by atoms with Crippen LogP contribution in [-0.4, -0.2) is 41.0 Å². The minimum atomic E-state index is -0.568. The Hall–Kier alpha value is -1.59. The molecule has 0 fully saturated rings. The van der Waals surface area contributed by atoms with Crippen molar-refractivity contribution in [1.82, 2.24) is 10.2 Å². The minimum Gasteiger partial charge on any atom is -0.396 e. The van der Waals surface area contributed by atoms with Crippen LogP contribution in [0.25, 0.3) is 0 Å². The Kier molecular flexibility index (Phi) is 7.91. The summed E-state index contributed by atoms with van der Waals surface area (Å²) in [5, 5.41) is 12.1. The second-order valence-corrected chi connectivity index (χ2v) is 5.48. The van der Waals surface area contributed by atoms with E-state index in [2.05, 4.69) is 5.32 Å². The number of hydrogen-bond acceptors (Lipinski definition) is 3. The van der Waals surface area contributed by atoms with Crippen molar-refractivity contribution in [2.75, 3.05) is 13.2 Å². The molecule has 122 valence electrons. The molecule has 1 aromatic rings. The van der Waals surface area contributed by atoms with Gasteiger partial charge in [0.05, 0.1) is 0 Å². The first-order valence-electron chi connectivity index (χ1n) is 7.42. The van der Waals surface area contributed by atoms with Crippen molar-refractivity contribution in [2.45, 2.75) is 39.3 Å². The van der Waals surface area contributed by atoms with Crippen LogP contribution in [0.15, 0.2) is 24.3 Å². The summed E-state index contributed by atoms with van der Waals surface area (Å²) in [6.45, 7) is 4.26. The van der Waals surface area contributed by atoms with Gasteiger partial charge in [-0.3, -0.25) is 9.59 Å². The number of aliphatic hydroxyl groups excluding tert-OH is 1. The molecule has 0 aromatic heterocycles. The number of rotatable bonds is 8. The number of aliphatic hydroxyl groups is 1. The maximum absolute atomic E-state index is 12.1. The van der Waals surface area contributed by atoms with E-state index >= 15 is 0 Å². The summed E-state index contributed by atoms with van der Waals surface area (Å²) in [4.78, 5) is 25.8. The van der Waals surface area contributed by atoms with E-state index in [1.54, 1.807) is 30.9 Å². The zero-order valence-electron chi connectivity index (χ0n) is 13.0. The fourth-order valence-corrected chi connectivity index (χ4v) is 2.14. The molecule has 0 radical (unpaired) electrons. The number of carbonyl (C=O) groups is 2. The Bertz CT molecular complexity index is 491. The quantitative estimate of drug-likeness (QED) is 0.718. The van der Waals surface area contributed by atoms with Crippen molar-refractivity contribution in [3.05, 3.63) is 34.9 Å².